The van der Waals surface area contributed by atoms with Gasteiger partial charge in [0.2, 0.25) is 0 Å². The molecule has 1 unspecified atom stereocenters. The van der Waals surface area contributed by atoms with E-state index in [4.69, 9.17) is 5.73 Å². The third-order valence-corrected chi connectivity index (χ3v) is 3.58. The zero-order valence-electron chi connectivity index (χ0n) is 10.5. The predicted molar refractivity (Wildman–Crippen MR) is 68.6 cm³/mol. The van der Waals surface area contributed by atoms with E-state index in [9.17, 15) is 14.4 Å². The van der Waals surface area contributed by atoms with Crippen molar-refractivity contribution in [3.63, 3.8) is 0 Å². The lowest BCUT2D eigenvalue weighted by molar-refractivity contribution is -0.123. The molecule has 3 heterocycles. The topological polar surface area (TPSA) is 117 Å². The number of nitrogen functional groups attached to an aromatic ring is 1. The van der Waals surface area contributed by atoms with E-state index < -0.39 is 11.6 Å². The van der Waals surface area contributed by atoms with E-state index in [1.165, 1.54) is 17.2 Å². The molecule has 0 aromatic carbocycles. The molecular weight excluding hydrogens is 262 g/mol. The number of urea groups is 1. The highest BCUT2D eigenvalue weighted by Crippen LogP contribution is 2.25. The number of pyridine rings is 1. The molecule has 1 atom stereocenters. The molecule has 4 N–H and O–H groups in total. The Hall–Kier alpha value is -2.64. The maximum absolute atomic E-state index is 12.3. The Labute approximate surface area is 114 Å². The quantitative estimate of drug-likeness (QED) is 0.573. The van der Waals surface area contributed by atoms with E-state index in [2.05, 4.69) is 15.6 Å². The van der Waals surface area contributed by atoms with Gasteiger partial charge in [-0.1, -0.05) is 0 Å². The summed E-state index contributed by atoms with van der Waals surface area (Å²) in [6.07, 6.45) is 1.80. The first kappa shape index (κ1) is 12.4. The number of imide groups is 1. The predicted octanol–water partition coefficient (Wildman–Crippen LogP) is -0.912. The molecule has 104 valence electrons. The van der Waals surface area contributed by atoms with Gasteiger partial charge in [-0.15, -0.1) is 0 Å². The van der Waals surface area contributed by atoms with E-state index in [-0.39, 0.29) is 24.1 Å². The fourth-order valence-electron chi connectivity index (χ4n) is 2.49. The molecule has 1 aromatic rings. The van der Waals surface area contributed by atoms with Crippen LogP contribution >= 0.6 is 0 Å². The van der Waals surface area contributed by atoms with Crippen LogP contribution in [-0.2, 0) is 4.79 Å². The minimum atomic E-state index is -0.999. The summed E-state index contributed by atoms with van der Waals surface area (Å²) in [7, 11) is 0. The van der Waals surface area contributed by atoms with Crippen molar-refractivity contribution in [2.24, 2.45) is 0 Å². The van der Waals surface area contributed by atoms with Crippen molar-refractivity contribution < 1.29 is 14.4 Å². The molecule has 3 rings (SSSR count). The van der Waals surface area contributed by atoms with Gasteiger partial charge in [-0.25, -0.2) is 9.78 Å². The van der Waals surface area contributed by atoms with Crippen LogP contribution in [0.4, 0.5) is 10.5 Å². The molecule has 0 aliphatic carbocycles. The van der Waals surface area contributed by atoms with Crippen molar-refractivity contribution in [3.05, 3.63) is 24.0 Å². The number of likely N-dealkylation sites (tertiary alicyclic amines) is 1. The largest absolute Gasteiger partial charge is 0.397 e. The number of nitrogens with zero attached hydrogens (tertiary/aromatic N) is 2. The highest BCUT2D eigenvalue weighted by molar-refractivity contribution is 6.08. The Balaban J connectivity index is 1.77. The molecule has 8 heteroatoms. The zero-order chi connectivity index (χ0) is 14.3. The lowest BCUT2D eigenvalue weighted by Gasteiger charge is -2.20. The van der Waals surface area contributed by atoms with Crippen LogP contribution in [-0.4, -0.2) is 46.4 Å². The Morgan fingerprint density at radius 1 is 1.40 bits per heavy atom. The summed E-state index contributed by atoms with van der Waals surface area (Å²) < 4.78 is 0. The Morgan fingerprint density at radius 3 is 2.80 bits per heavy atom. The molecule has 1 spiro atoms. The van der Waals surface area contributed by atoms with Crippen molar-refractivity contribution in [1.82, 2.24) is 20.5 Å². The maximum Gasteiger partial charge on any atom is 0.322 e. The fourth-order valence-corrected chi connectivity index (χ4v) is 2.49. The van der Waals surface area contributed by atoms with Gasteiger partial charge in [0.25, 0.3) is 11.8 Å². The first-order valence-corrected chi connectivity index (χ1v) is 6.15. The minimum absolute atomic E-state index is 0.148. The molecule has 4 amide bonds. The molecule has 0 saturated carbocycles. The van der Waals surface area contributed by atoms with E-state index >= 15 is 0 Å². The maximum atomic E-state index is 12.3. The van der Waals surface area contributed by atoms with Gasteiger partial charge in [-0.05, 0) is 18.6 Å². The van der Waals surface area contributed by atoms with Crippen molar-refractivity contribution >= 4 is 23.5 Å². The molecule has 2 saturated heterocycles. The smallest absolute Gasteiger partial charge is 0.322 e. The summed E-state index contributed by atoms with van der Waals surface area (Å²) in [6, 6.07) is 2.61. The van der Waals surface area contributed by atoms with Gasteiger partial charge in [-0.2, -0.15) is 0 Å². The van der Waals surface area contributed by atoms with Crippen LogP contribution in [0.3, 0.4) is 0 Å². The van der Waals surface area contributed by atoms with Gasteiger partial charge in [0.05, 0.1) is 18.4 Å². The van der Waals surface area contributed by atoms with Crippen molar-refractivity contribution in [2.45, 2.75) is 12.0 Å². The minimum Gasteiger partial charge on any atom is -0.397 e. The fraction of sp³-hybridized carbons (Fsp3) is 0.333. The number of carbonyl (C=O) groups excluding carboxylic acids is 3. The van der Waals surface area contributed by atoms with Crippen molar-refractivity contribution in [1.29, 1.82) is 0 Å². The molecule has 2 aliphatic rings. The number of amides is 4. The number of carbonyl (C=O) groups is 3. The Kier molecular flexibility index (Phi) is 2.60. The second-order valence-corrected chi connectivity index (χ2v) is 4.94. The van der Waals surface area contributed by atoms with Gasteiger partial charge in [0.15, 0.2) is 0 Å². The molecule has 2 fully saturated rings. The average Bonchev–Trinajstić information content (AvgIpc) is 2.95. The number of hydrogen-bond donors (Lipinski definition) is 3. The SMILES string of the molecule is Nc1ccc(C(=O)N2CCC3(C2)NC(=O)NC3=O)nc1. The number of aromatic nitrogens is 1. The lowest BCUT2D eigenvalue weighted by Crippen LogP contribution is -2.49. The van der Waals surface area contributed by atoms with E-state index in [0.29, 0.717) is 18.7 Å². The molecule has 0 bridgehead atoms. The summed E-state index contributed by atoms with van der Waals surface area (Å²) in [5.41, 5.74) is 5.26. The van der Waals surface area contributed by atoms with Crippen LogP contribution in [0.5, 0.6) is 0 Å². The number of nitrogens with two attached hydrogens (primary N) is 1. The van der Waals surface area contributed by atoms with Gasteiger partial charge in [-0.3, -0.25) is 14.9 Å². The second-order valence-electron chi connectivity index (χ2n) is 4.94. The molecular formula is C12H13N5O3. The van der Waals surface area contributed by atoms with Crippen LogP contribution in [0.2, 0.25) is 0 Å². The normalized spacial score (nSPS) is 24.9. The average molecular weight is 275 g/mol. The number of nitrogens with one attached hydrogen (secondary N) is 2. The van der Waals surface area contributed by atoms with Crippen LogP contribution in [0, 0.1) is 0 Å². The third-order valence-electron chi connectivity index (χ3n) is 3.58. The van der Waals surface area contributed by atoms with Gasteiger partial charge in [0.1, 0.15) is 11.2 Å². The lowest BCUT2D eigenvalue weighted by atomic mass is 9.99. The standard InChI is InChI=1S/C12H13N5O3/c13-7-1-2-8(14-5-7)9(18)17-4-3-12(6-17)10(19)15-11(20)16-12/h1-2,5H,3-4,6,13H2,(H2,15,16,19,20). The van der Waals surface area contributed by atoms with Crippen molar-refractivity contribution in [3.8, 4) is 0 Å². The monoisotopic (exact) mass is 275 g/mol. The molecule has 0 radical (unpaired) electrons. The third kappa shape index (κ3) is 1.85. The first-order valence-electron chi connectivity index (χ1n) is 6.15. The molecule has 20 heavy (non-hydrogen) atoms. The summed E-state index contributed by atoms with van der Waals surface area (Å²) in [5, 5.41) is 4.79. The van der Waals surface area contributed by atoms with E-state index in [0.717, 1.165) is 0 Å². The number of rotatable bonds is 1. The van der Waals surface area contributed by atoms with Gasteiger partial charge >= 0.3 is 6.03 Å². The zero-order valence-corrected chi connectivity index (χ0v) is 10.5. The van der Waals surface area contributed by atoms with Crippen LogP contribution < -0.4 is 16.4 Å². The highest BCUT2D eigenvalue weighted by atomic mass is 16.2. The van der Waals surface area contributed by atoms with Crippen LogP contribution in [0.25, 0.3) is 0 Å². The Morgan fingerprint density at radius 2 is 2.20 bits per heavy atom. The summed E-state index contributed by atoms with van der Waals surface area (Å²) in [6.45, 7) is 0.536. The van der Waals surface area contributed by atoms with Gasteiger partial charge in [0, 0.05) is 6.54 Å². The molecule has 8 nitrogen and oxygen atoms in total. The van der Waals surface area contributed by atoms with Crippen LogP contribution in [0.15, 0.2) is 18.3 Å². The summed E-state index contributed by atoms with van der Waals surface area (Å²) in [5.74, 6) is -0.668. The molecule has 2 aliphatic heterocycles. The number of anilines is 1. The Bertz CT molecular complexity index is 600. The van der Waals surface area contributed by atoms with E-state index in [1.807, 2.05) is 0 Å². The highest BCUT2D eigenvalue weighted by Gasteiger charge is 2.51. The number of hydrogen-bond acceptors (Lipinski definition) is 5. The van der Waals surface area contributed by atoms with E-state index in [1.54, 1.807) is 6.07 Å². The summed E-state index contributed by atoms with van der Waals surface area (Å²) in [4.78, 5) is 40.8. The first-order chi connectivity index (χ1) is 9.50. The second kappa shape index (κ2) is 4.19. The van der Waals surface area contributed by atoms with Crippen molar-refractivity contribution in [2.75, 3.05) is 18.8 Å². The van der Waals surface area contributed by atoms with Crippen LogP contribution in [0.1, 0.15) is 16.9 Å². The molecule has 1 aromatic heterocycles. The van der Waals surface area contributed by atoms with Gasteiger partial charge < -0.3 is 16.0 Å². The summed E-state index contributed by atoms with van der Waals surface area (Å²) >= 11 is 0.